The minimum atomic E-state index is 0.944. The molecular weight excluding hydrogens is 260 g/mol. The molecule has 2 aromatic rings. The third-order valence-corrected chi connectivity index (χ3v) is 4.06. The molecule has 0 aliphatic carbocycles. The average molecular weight is 284 g/mol. The molecule has 1 aliphatic heterocycles. The minimum Gasteiger partial charge on any atom is -0.313 e. The van der Waals surface area contributed by atoms with E-state index in [-0.39, 0.29) is 0 Å². The van der Waals surface area contributed by atoms with E-state index in [0.29, 0.717) is 0 Å². The molecule has 4 heteroatoms. The molecule has 1 aromatic carbocycles. The number of nitrogens with zero attached hydrogens (tertiary/aromatic N) is 3. The van der Waals surface area contributed by atoms with Crippen LogP contribution in [0.5, 0.6) is 0 Å². The van der Waals surface area contributed by atoms with E-state index in [1.807, 2.05) is 16.9 Å². The standard InChI is InChI=1S/C17H24N4/c1-2-12-20(11-1)13-3-9-18-15-16-5-7-17(8-6-16)21-14-4-10-19-21/h4-8,10,14,18H,1-3,9,11-13,15H2. The summed E-state index contributed by atoms with van der Waals surface area (Å²) < 4.78 is 1.88. The van der Waals surface area contributed by atoms with E-state index in [2.05, 4.69) is 39.6 Å². The van der Waals surface area contributed by atoms with Gasteiger partial charge in [-0.3, -0.25) is 0 Å². The van der Waals surface area contributed by atoms with Crippen molar-refractivity contribution in [2.75, 3.05) is 26.2 Å². The van der Waals surface area contributed by atoms with Gasteiger partial charge in [-0.1, -0.05) is 12.1 Å². The largest absolute Gasteiger partial charge is 0.313 e. The Morgan fingerprint density at radius 3 is 2.62 bits per heavy atom. The van der Waals surface area contributed by atoms with Gasteiger partial charge >= 0.3 is 0 Å². The van der Waals surface area contributed by atoms with Gasteiger partial charge in [-0.05, 0) is 69.2 Å². The molecule has 0 unspecified atom stereocenters. The van der Waals surface area contributed by atoms with Crippen molar-refractivity contribution in [3.63, 3.8) is 0 Å². The van der Waals surface area contributed by atoms with Crippen LogP contribution in [-0.4, -0.2) is 40.9 Å². The van der Waals surface area contributed by atoms with Crippen LogP contribution in [0, 0.1) is 0 Å². The van der Waals surface area contributed by atoms with Crippen LogP contribution in [0.1, 0.15) is 24.8 Å². The first-order chi connectivity index (χ1) is 10.4. The molecule has 0 amide bonds. The van der Waals surface area contributed by atoms with Gasteiger partial charge in [0.15, 0.2) is 0 Å². The zero-order valence-corrected chi connectivity index (χ0v) is 12.5. The molecule has 2 heterocycles. The molecule has 0 bridgehead atoms. The number of likely N-dealkylation sites (tertiary alicyclic amines) is 1. The molecule has 112 valence electrons. The fraction of sp³-hybridized carbons (Fsp3) is 0.471. The Kier molecular flexibility index (Phi) is 5.03. The van der Waals surface area contributed by atoms with E-state index in [1.54, 1.807) is 6.20 Å². The molecule has 1 aromatic heterocycles. The molecule has 3 rings (SSSR count). The lowest BCUT2D eigenvalue weighted by Gasteiger charge is -2.14. The fourth-order valence-electron chi connectivity index (χ4n) is 2.85. The monoisotopic (exact) mass is 284 g/mol. The first-order valence-electron chi connectivity index (χ1n) is 7.94. The Balaban J connectivity index is 1.37. The summed E-state index contributed by atoms with van der Waals surface area (Å²) in [5.41, 5.74) is 2.44. The fourth-order valence-corrected chi connectivity index (χ4v) is 2.85. The predicted molar refractivity (Wildman–Crippen MR) is 85.6 cm³/mol. The van der Waals surface area contributed by atoms with Crippen LogP contribution in [0.25, 0.3) is 5.69 Å². The molecule has 1 fully saturated rings. The Hall–Kier alpha value is -1.65. The van der Waals surface area contributed by atoms with Crippen LogP contribution in [-0.2, 0) is 6.54 Å². The summed E-state index contributed by atoms with van der Waals surface area (Å²) in [6, 6.07) is 10.5. The Bertz CT molecular complexity index is 512. The van der Waals surface area contributed by atoms with Crippen molar-refractivity contribution in [1.82, 2.24) is 20.0 Å². The molecular formula is C17H24N4. The third-order valence-electron chi connectivity index (χ3n) is 4.06. The summed E-state index contributed by atoms with van der Waals surface area (Å²) in [5.74, 6) is 0. The molecule has 0 atom stereocenters. The average Bonchev–Trinajstić information content (AvgIpc) is 3.21. The number of aromatic nitrogens is 2. The van der Waals surface area contributed by atoms with Gasteiger partial charge in [0.05, 0.1) is 5.69 Å². The van der Waals surface area contributed by atoms with Crippen molar-refractivity contribution in [2.45, 2.75) is 25.8 Å². The number of benzene rings is 1. The quantitative estimate of drug-likeness (QED) is 0.793. The highest BCUT2D eigenvalue weighted by Crippen LogP contribution is 2.09. The topological polar surface area (TPSA) is 33.1 Å². The maximum atomic E-state index is 4.24. The molecule has 1 N–H and O–H groups in total. The SMILES string of the molecule is c1cnn(-c2ccc(CNCCCN3CCCC3)cc2)c1. The van der Waals surface area contributed by atoms with E-state index < -0.39 is 0 Å². The summed E-state index contributed by atoms with van der Waals surface area (Å²) >= 11 is 0. The number of hydrogen-bond acceptors (Lipinski definition) is 3. The molecule has 0 saturated carbocycles. The second kappa shape index (κ2) is 7.38. The molecule has 21 heavy (non-hydrogen) atoms. The van der Waals surface area contributed by atoms with E-state index in [9.17, 15) is 0 Å². The van der Waals surface area contributed by atoms with Gasteiger partial charge in [-0.2, -0.15) is 5.10 Å². The highest BCUT2D eigenvalue weighted by Gasteiger charge is 2.09. The maximum absolute atomic E-state index is 4.24. The van der Waals surface area contributed by atoms with Crippen molar-refractivity contribution in [3.8, 4) is 5.69 Å². The van der Waals surface area contributed by atoms with Gasteiger partial charge in [0.25, 0.3) is 0 Å². The van der Waals surface area contributed by atoms with Crippen LogP contribution >= 0.6 is 0 Å². The zero-order chi connectivity index (χ0) is 14.3. The van der Waals surface area contributed by atoms with Crippen LogP contribution in [0.2, 0.25) is 0 Å². The van der Waals surface area contributed by atoms with Gasteiger partial charge in [0.1, 0.15) is 0 Å². The molecule has 1 saturated heterocycles. The summed E-state index contributed by atoms with van der Waals surface area (Å²) in [4.78, 5) is 2.57. The van der Waals surface area contributed by atoms with E-state index in [1.165, 1.54) is 44.5 Å². The van der Waals surface area contributed by atoms with Gasteiger partial charge in [-0.15, -0.1) is 0 Å². The number of hydrogen-bond donors (Lipinski definition) is 1. The highest BCUT2D eigenvalue weighted by molar-refractivity contribution is 5.33. The lowest BCUT2D eigenvalue weighted by atomic mass is 10.2. The minimum absolute atomic E-state index is 0.944. The van der Waals surface area contributed by atoms with E-state index >= 15 is 0 Å². The Morgan fingerprint density at radius 2 is 1.90 bits per heavy atom. The van der Waals surface area contributed by atoms with Crippen LogP contribution in [0.15, 0.2) is 42.7 Å². The number of rotatable bonds is 7. The van der Waals surface area contributed by atoms with Crippen molar-refractivity contribution in [2.24, 2.45) is 0 Å². The van der Waals surface area contributed by atoms with Crippen molar-refractivity contribution >= 4 is 0 Å². The van der Waals surface area contributed by atoms with E-state index in [4.69, 9.17) is 0 Å². The normalized spacial score (nSPS) is 15.6. The summed E-state index contributed by atoms with van der Waals surface area (Å²) in [7, 11) is 0. The second-order valence-corrected chi connectivity index (χ2v) is 5.70. The van der Waals surface area contributed by atoms with Crippen LogP contribution in [0.4, 0.5) is 0 Å². The lowest BCUT2D eigenvalue weighted by molar-refractivity contribution is 0.331. The van der Waals surface area contributed by atoms with E-state index in [0.717, 1.165) is 18.8 Å². The Labute approximate surface area is 126 Å². The molecule has 4 nitrogen and oxygen atoms in total. The van der Waals surface area contributed by atoms with Gasteiger partial charge < -0.3 is 10.2 Å². The second-order valence-electron chi connectivity index (χ2n) is 5.70. The zero-order valence-electron chi connectivity index (χ0n) is 12.5. The van der Waals surface area contributed by atoms with Crippen molar-refractivity contribution in [3.05, 3.63) is 48.3 Å². The van der Waals surface area contributed by atoms with Gasteiger partial charge in [-0.25, -0.2) is 4.68 Å². The van der Waals surface area contributed by atoms with Gasteiger partial charge in [0, 0.05) is 18.9 Å². The molecule has 0 radical (unpaired) electrons. The van der Waals surface area contributed by atoms with Crippen LogP contribution < -0.4 is 5.32 Å². The first kappa shape index (κ1) is 14.3. The smallest absolute Gasteiger partial charge is 0.0645 e. The van der Waals surface area contributed by atoms with Crippen molar-refractivity contribution < 1.29 is 0 Å². The predicted octanol–water partition coefficient (Wildman–Crippen LogP) is 2.45. The summed E-state index contributed by atoms with van der Waals surface area (Å²) in [6.07, 6.45) is 7.78. The molecule has 1 aliphatic rings. The molecule has 0 spiro atoms. The highest BCUT2D eigenvalue weighted by atomic mass is 15.3. The summed E-state index contributed by atoms with van der Waals surface area (Å²) in [6.45, 7) is 5.88. The first-order valence-corrected chi connectivity index (χ1v) is 7.94. The van der Waals surface area contributed by atoms with Crippen LogP contribution in [0.3, 0.4) is 0 Å². The Morgan fingerprint density at radius 1 is 1.10 bits per heavy atom. The summed E-state index contributed by atoms with van der Waals surface area (Å²) in [5, 5.41) is 7.77. The lowest BCUT2D eigenvalue weighted by Crippen LogP contribution is -2.24. The van der Waals surface area contributed by atoms with Crippen molar-refractivity contribution in [1.29, 1.82) is 0 Å². The third kappa shape index (κ3) is 4.16. The maximum Gasteiger partial charge on any atom is 0.0645 e. The number of nitrogens with one attached hydrogen (secondary N) is 1. The van der Waals surface area contributed by atoms with Gasteiger partial charge in [0.2, 0.25) is 0 Å².